The van der Waals surface area contributed by atoms with E-state index >= 15 is 0 Å². The van der Waals surface area contributed by atoms with Gasteiger partial charge in [0.05, 0.1) is 25.7 Å². The van der Waals surface area contributed by atoms with Crippen LogP contribution in [-0.2, 0) is 117 Å². The van der Waals surface area contributed by atoms with Crippen molar-refractivity contribution in [2.24, 2.45) is 0 Å². The molecule has 0 saturated heterocycles. The Kier molecular flexibility index (Phi) is 63.6. The maximum absolute atomic E-state index is 11.8. The van der Waals surface area contributed by atoms with Gasteiger partial charge in [0, 0.05) is 129 Å². The number of hydrogen-bond donors (Lipinski definition) is 0. The minimum absolute atomic E-state index is 0. The molecular formula is C60H108O24Ti. The van der Waals surface area contributed by atoms with Crippen molar-refractivity contribution >= 4 is 47.0 Å². The second-order valence-electron chi connectivity index (χ2n) is 19.7. The molecule has 0 atom stereocenters. The van der Waals surface area contributed by atoms with Gasteiger partial charge in [0.1, 0.15) is 49.6 Å². The molecule has 496 valence electrons. The SMILES string of the molecule is CCCOCC(CC(=O)CC(=O)[O-])(OCCC)OCCC.CCCOCC(CC(=O)CC(=O)[O-])(OCCC)OCCC.CCCOCC(CC(=O)CC(=O)[O-])(OCCC)OCCC.CCCOCC(CC(=O)CC(=O)[O-])(OCCC)OCCC.[Ti+4]. The van der Waals surface area contributed by atoms with Crippen molar-refractivity contribution in [3.63, 3.8) is 0 Å². The van der Waals surface area contributed by atoms with Gasteiger partial charge in [-0.3, -0.25) is 19.2 Å². The first kappa shape index (κ1) is 90.5. The maximum Gasteiger partial charge on any atom is 4.00 e. The number of carboxylic acid groups (broad SMARTS) is 4. The number of carbonyl (C=O) groups is 8. The topological polar surface area (TPSA) is 340 Å². The number of rotatable bonds is 56. The zero-order valence-electron chi connectivity index (χ0n) is 53.8. The summed E-state index contributed by atoms with van der Waals surface area (Å²) in [6.45, 7) is 29.3. The summed E-state index contributed by atoms with van der Waals surface area (Å²) < 4.78 is 67.5. The van der Waals surface area contributed by atoms with Crippen LogP contribution in [0, 0.1) is 0 Å². The molecule has 0 aromatic carbocycles. The third-order valence-electron chi connectivity index (χ3n) is 10.5. The van der Waals surface area contributed by atoms with Gasteiger partial charge in [-0.15, -0.1) is 0 Å². The first-order valence-corrected chi connectivity index (χ1v) is 30.3. The molecule has 0 heterocycles. The molecule has 0 aromatic heterocycles. The molecule has 0 spiro atoms. The second kappa shape index (κ2) is 59.7. The number of ether oxygens (including phenoxy) is 12. The van der Waals surface area contributed by atoms with E-state index in [0.717, 1.165) is 77.0 Å². The van der Waals surface area contributed by atoms with Crippen LogP contribution in [-0.4, -0.2) is 176 Å². The third kappa shape index (κ3) is 53.5. The van der Waals surface area contributed by atoms with Crippen LogP contribution in [0.5, 0.6) is 0 Å². The van der Waals surface area contributed by atoms with Crippen LogP contribution in [0.4, 0.5) is 0 Å². The fourth-order valence-electron chi connectivity index (χ4n) is 7.00. The number of carbonyl (C=O) groups excluding carboxylic acids is 8. The molecule has 24 nitrogen and oxygen atoms in total. The van der Waals surface area contributed by atoms with Gasteiger partial charge in [-0.05, 0) is 77.0 Å². The van der Waals surface area contributed by atoms with Crippen LogP contribution in [0.3, 0.4) is 0 Å². The Bertz CT molecular complexity index is 1430. The van der Waals surface area contributed by atoms with Crippen LogP contribution < -0.4 is 20.4 Å². The van der Waals surface area contributed by atoms with Crippen molar-refractivity contribution in [1.29, 1.82) is 0 Å². The van der Waals surface area contributed by atoms with Crippen molar-refractivity contribution in [2.45, 2.75) is 235 Å². The van der Waals surface area contributed by atoms with Crippen molar-refractivity contribution in [2.75, 3.05) is 106 Å². The number of carboxylic acids is 4. The molecule has 0 aliphatic carbocycles. The largest absolute Gasteiger partial charge is 4.00 e. The monoisotopic (exact) mass is 1260 g/mol. The summed E-state index contributed by atoms with van der Waals surface area (Å²) in [4.78, 5) is 89.3. The molecule has 0 bridgehead atoms. The average Bonchev–Trinajstić information content (AvgIpc) is 3.65. The smallest absolute Gasteiger partial charge is 0.550 e. The predicted octanol–water partition coefficient (Wildman–Crippen LogP) is 4.24. The van der Waals surface area contributed by atoms with E-state index in [2.05, 4.69) is 0 Å². The molecular weight excluding hydrogens is 1150 g/mol. The summed E-state index contributed by atoms with van der Waals surface area (Å²) in [5, 5.41) is 42.2. The van der Waals surface area contributed by atoms with Crippen molar-refractivity contribution in [1.82, 2.24) is 0 Å². The fourth-order valence-corrected chi connectivity index (χ4v) is 7.00. The van der Waals surface area contributed by atoms with Gasteiger partial charge in [-0.1, -0.05) is 83.1 Å². The quantitative estimate of drug-likeness (QED) is 0.0355. The molecule has 0 aromatic rings. The maximum atomic E-state index is 11.8. The summed E-state index contributed by atoms with van der Waals surface area (Å²) in [6.07, 6.45) is 6.31. The van der Waals surface area contributed by atoms with E-state index in [1.807, 2.05) is 83.1 Å². The van der Waals surface area contributed by atoms with Gasteiger partial charge in [0.25, 0.3) is 0 Å². The minimum Gasteiger partial charge on any atom is -0.550 e. The molecule has 0 rings (SSSR count). The van der Waals surface area contributed by atoms with Crippen molar-refractivity contribution in [3.05, 3.63) is 0 Å². The Morgan fingerprint density at radius 2 is 0.376 bits per heavy atom. The van der Waals surface area contributed by atoms with Crippen LogP contribution in [0.1, 0.15) is 212 Å². The summed E-state index contributed by atoms with van der Waals surface area (Å²) in [5.41, 5.74) is 0. The van der Waals surface area contributed by atoms with E-state index in [-0.39, 0.29) is 73.8 Å². The average molecular weight is 1260 g/mol. The van der Waals surface area contributed by atoms with Gasteiger partial charge >= 0.3 is 21.7 Å². The molecule has 0 fully saturated rings. The summed E-state index contributed by atoms with van der Waals surface area (Å²) in [6, 6.07) is 0. The number of aliphatic carboxylic acids is 4. The molecule has 85 heavy (non-hydrogen) atoms. The van der Waals surface area contributed by atoms with E-state index in [0.29, 0.717) is 79.3 Å². The van der Waals surface area contributed by atoms with Crippen molar-refractivity contribution in [3.8, 4) is 0 Å². The van der Waals surface area contributed by atoms with Gasteiger partial charge < -0.3 is 96.4 Å². The van der Waals surface area contributed by atoms with Gasteiger partial charge in [-0.2, -0.15) is 0 Å². The molecule has 25 heteroatoms. The molecule has 0 radical (unpaired) electrons. The van der Waals surface area contributed by atoms with Crippen LogP contribution in [0.15, 0.2) is 0 Å². The number of hydrogen-bond acceptors (Lipinski definition) is 24. The second-order valence-corrected chi connectivity index (χ2v) is 19.7. The van der Waals surface area contributed by atoms with E-state index < -0.39 is 95.8 Å². The Hall–Kier alpha value is -3.21. The zero-order valence-corrected chi connectivity index (χ0v) is 55.3. The van der Waals surface area contributed by atoms with E-state index in [9.17, 15) is 58.8 Å². The Morgan fingerprint density at radius 3 is 0.482 bits per heavy atom. The molecule has 0 aliphatic heterocycles. The van der Waals surface area contributed by atoms with E-state index in [1.54, 1.807) is 0 Å². The Morgan fingerprint density at radius 1 is 0.247 bits per heavy atom. The van der Waals surface area contributed by atoms with Gasteiger partial charge in [-0.25, -0.2) is 0 Å². The van der Waals surface area contributed by atoms with Crippen molar-refractivity contribution < 1.29 is 137 Å². The molecule has 0 aliphatic rings. The van der Waals surface area contributed by atoms with Crippen LogP contribution >= 0.6 is 0 Å². The Balaban J connectivity index is -0.000000333. The first-order valence-electron chi connectivity index (χ1n) is 30.3. The van der Waals surface area contributed by atoms with Crippen LogP contribution in [0.25, 0.3) is 0 Å². The first-order chi connectivity index (χ1) is 40.0. The zero-order chi connectivity index (χ0) is 64.6. The normalized spacial score (nSPS) is 11.4. The number of Topliss-reactive ketones (excluding diaryl/α,β-unsaturated/α-hetero) is 4. The molecule has 0 saturated carbocycles. The summed E-state index contributed by atoms with van der Waals surface area (Å²) in [5.74, 6) is -12.3. The van der Waals surface area contributed by atoms with E-state index in [1.165, 1.54) is 0 Å². The van der Waals surface area contributed by atoms with Gasteiger partial charge in [0.15, 0.2) is 23.1 Å². The number of ketones is 4. The summed E-state index contributed by atoms with van der Waals surface area (Å²) in [7, 11) is 0. The minimum atomic E-state index is -1.39. The third-order valence-corrected chi connectivity index (χ3v) is 10.5. The molecule has 0 N–H and O–H groups in total. The van der Waals surface area contributed by atoms with Gasteiger partial charge in [0.2, 0.25) is 0 Å². The Labute approximate surface area is 522 Å². The fraction of sp³-hybridized carbons (Fsp3) is 0.867. The van der Waals surface area contributed by atoms with Crippen LogP contribution in [0.2, 0.25) is 0 Å². The summed E-state index contributed by atoms with van der Waals surface area (Å²) >= 11 is 0. The molecule has 0 amide bonds. The predicted molar refractivity (Wildman–Crippen MR) is 302 cm³/mol. The molecule has 0 unspecified atom stereocenters. The van der Waals surface area contributed by atoms with E-state index in [4.69, 9.17) is 56.8 Å². The standard InChI is InChI=1S/4C15H28O6.Ti/c4*1-4-7-19-12-15(20-8-5-2,21-9-6-3)11-13(16)10-14(17)18;/h4*4-12H2,1-3H3,(H,17,18);/q;;;;+4/p-4.